The van der Waals surface area contributed by atoms with Gasteiger partial charge in [0.25, 0.3) is 4.84 Å². The molecular weight excluding hydrogens is 170 g/mol. The minimum absolute atomic E-state index is 0.216. The van der Waals surface area contributed by atoms with Crippen molar-refractivity contribution >= 4 is 12.2 Å². The molecule has 0 aromatic carbocycles. The third-order valence-corrected chi connectivity index (χ3v) is 2.79. The Morgan fingerprint density at radius 2 is 2.25 bits per heavy atom. The third kappa shape index (κ3) is 1.12. The van der Waals surface area contributed by atoms with Crippen molar-refractivity contribution in [2.24, 2.45) is 0 Å². The van der Waals surface area contributed by atoms with E-state index in [1.54, 1.807) is 0 Å². The van der Waals surface area contributed by atoms with Crippen LogP contribution in [0.1, 0.15) is 38.1 Å². The summed E-state index contributed by atoms with van der Waals surface area (Å²) >= 11 is 4.96. The van der Waals surface area contributed by atoms with Crippen molar-refractivity contribution in [3.63, 3.8) is 0 Å². The number of aromatic amines is 1. The molecule has 2 rings (SSSR count). The van der Waals surface area contributed by atoms with Crippen molar-refractivity contribution in [2.45, 2.75) is 38.5 Å². The lowest BCUT2D eigenvalue weighted by Crippen LogP contribution is -2.23. The van der Waals surface area contributed by atoms with Gasteiger partial charge in [0.15, 0.2) is 0 Å². The molecule has 0 saturated carbocycles. The SMILES string of the molecule is CC1(C)CCCc2oc(=S)[nH]c21. The molecule has 1 aliphatic rings. The molecule has 12 heavy (non-hydrogen) atoms. The number of oxazole rings is 1. The van der Waals surface area contributed by atoms with Crippen LogP contribution in [-0.2, 0) is 11.8 Å². The van der Waals surface area contributed by atoms with Crippen molar-refractivity contribution in [3.8, 4) is 0 Å². The molecule has 0 saturated heterocycles. The lowest BCUT2D eigenvalue weighted by atomic mass is 9.78. The molecule has 66 valence electrons. The maximum absolute atomic E-state index is 5.40. The maximum Gasteiger partial charge on any atom is 0.266 e. The number of fused-ring (bicyclic) bond motifs is 1. The van der Waals surface area contributed by atoms with Crippen LogP contribution in [0.2, 0.25) is 0 Å². The first kappa shape index (κ1) is 8.05. The van der Waals surface area contributed by atoms with Crippen LogP contribution >= 0.6 is 12.2 Å². The highest BCUT2D eigenvalue weighted by atomic mass is 32.1. The summed E-state index contributed by atoms with van der Waals surface area (Å²) in [5.41, 5.74) is 1.42. The average molecular weight is 183 g/mol. The second kappa shape index (κ2) is 2.46. The van der Waals surface area contributed by atoms with Crippen LogP contribution in [0.5, 0.6) is 0 Å². The van der Waals surface area contributed by atoms with E-state index in [1.807, 2.05) is 0 Å². The highest BCUT2D eigenvalue weighted by Gasteiger charge is 2.30. The Hall–Kier alpha value is -0.570. The van der Waals surface area contributed by atoms with Crippen LogP contribution in [0.3, 0.4) is 0 Å². The highest BCUT2D eigenvalue weighted by Crippen LogP contribution is 2.35. The Morgan fingerprint density at radius 1 is 1.50 bits per heavy atom. The van der Waals surface area contributed by atoms with Crippen LogP contribution in [0.4, 0.5) is 0 Å². The summed E-state index contributed by atoms with van der Waals surface area (Å²) in [6, 6.07) is 0. The lowest BCUT2D eigenvalue weighted by molar-refractivity contribution is 0.383. The molecule has 1 N–H and O–H groups in total. The van der Waals surface area contributed by atoms with Gasteiger partial charge in [-0.3, -0.25) is 0 Å². The van der Waals surface area contributed by atoms with E-state index in [-0.39, 0.29) is 5.41 Å². The van der Waals surface area contributed by atoms with E-state index < -0.39 is 0 Å². The van der Waals surface area contributed by atoms with Crippen molar-refractivity contribution in [2.75, 3.05) is 0 Å². The van der Waals surface area contributed by atoms with Crippen LogP contribution < -0.4 is 0 Å². The van der Waals surface area contributed by atoms with Crippen molar-refractivity contribution in [1.82, 2.24) is 4.98 Å². The number of aromatic nitrogens is 1. The van der Waals surface area contributed by atoms with Gasteiger partial charge in [-0.05, 0) is 25.1 Å². The van der Waals surface area contributed by atoms with Gasteiger partial charge in [0.05, 0.1) is 5.69 Å². The molecule has 0 fully saturated rings. The van der Waals surface area contributed by atoms with Gasteiger partial charge in [0, 0.05) is 11.8 Å². The highest BCUT2D eigenvalue weighted by molar-refractivity contribution is 7.71. The molecule has 0 bridgehead atoms. The zero-order chi connectivity index (χ0) is 8.77. The standard InChI is InChI=1S/C9H13NOS/c1-9(2)5-3-4-6-7(9)10-8(12)11-6/h3-5H2,1-2H3,(H,10,12). The number of hydrogen-bond donors (Lipinski definition) is 1. The van der Waals surface area contributed by atoms with Gasteiger partial charge in [-0.25, -0.2) is 0 Å². The van der Waals surface area contributed by atoms with Gasteiger partial charge in [0.1, 0.15) is 5.76 Å². The summed E-state index contributed by atoms with van der Waals surface area (Å²) in [7, 11) is 0. The summed E-state index contributed by atoms with van der Waals surface area (Å²) in [5.74, 6) is 1.07. The van der Waals surface area contributed by atoms with E-state index in [2.05, 4.69) is 18.8 Å². The second-order valence-electron chi connectivity index (χ2n) is 4.05. The van der Waals surface area contributed by atoms with Crippen LogP contribution in [-0.4, -0.2) is 4.98 Å². The number of aryl methyl sites for hydroxylation is 1. The smallest absolute Gasteiger partial charge is 0.266 e. The number of rotatable bonds is 0. The summed E-state index contributed by atoms with van der Waals surface area (Å²) in [6.07, 6.45) is 3.45. The van der Waals surface area contributed by atoms with Gasteiger partial charge < -0.3 is 9.40 Å². The summed E-state index contributed by atoms with van der Waals surface area (Å²) in [6.45, 7) is 4.46. The first-order valence-electron chi connectivity index (χ1n) is 4.32. The normalized spacial score (nSPS) is 20.5. The van der Waals surface area contributed by atoms with Crippen molar-refractivity contribution in [3.05, 3.63) is 16.3 Å². The fourth-order valence-electron chi connectivity index (χ4n) is 1.90. The Kier molecular flexibility index (Phi) is 1.65. The molecule has 0 radical (unpaired) electrons. The van der Waals surface area contributed by atoms with E-state index in [0.29, 0.717) is 4.84 Å². The molecule has 0 atom stereocenters. The van der Waals surface area contributed by atoms with E-state index in [4.69, 9.17) is 16.6 Å². The lowest BCUT2D eigenvalue weighted by Gasteiger charge is -2.27. The van der Waals surface area contributed by atoms with E-state index >= 15 is 0 Å². The monoisotopic (exact) mass is 183 g/mol. The quantitative estimate of drug-likeness (QED) is 0.626. The molecule has 1 aliphatic carbocycles. The van der Waals surface area contributed by atoms with Crippen molar-refractivity contribution in [1.29, 1.82) is 0 Å². The summed E-state index contributed by atoms with van der Waals surface area (Å²) in [4.78, 5) is 3.66. The van der Waals surface area contributed by atoms with Gasteiger partial charge in [-0.2, -0.15) is 0 Å². The second-order valence-corrected chi connectivity index (χ2v) is 4.42. The third-order valence-electron chi connectivity index (χ3n) is 2.60. The Labute approximate surface area is 77.0 Å². The van der Waals surface area contributed by atoms with Crippen LogP contribution in [0, 0.1) is 4.84 Å². The van der Waals surface area contributed by atoms with Crippen molar-refractivity contribution < 1.29 is 4.42 Å². The number of nitrogens with one attached hydrogen (secondary N) is 1. The van der Waals surface area contributed by atoms with Gasteiger partial charge in [-0.1, -0.05) is 13.8 Å². The first-order valence-corrected chi connectivity index (χ1v) is 4.73. The first-order chi connectivity index (χ1) is 5.59. The Bertz CT molecular complexity index is 348. The molecule has 1 aromatic rings. The molecule has 0 aliphatic heterocycles. The predicted octanol–water partition coefficient (Wildman–Crippen LogP) is 2.95. The zero-order valence-corrected chi connectivity index (χ0v) is 8.25. The molecule has 0 unspecified atom stereocenters. The Balaban J connectivity index is 2.58. The minimum Gasteiger partial charge on any atom is -0.434 e. The largest absolute Gasteiger partial charge is 0.434 e. The molecule has 0 amide bonds. The Morgan fingerprint density at radius 3 is 2.92 bits per heavy atom. The molecule has 1 heterocycles. The average Bonchev–Trinajstić information content (AvgIpc) is 2.30. The van der Waals surface area contributed by atoms with Crippen LogP contribution in [0.25, 0.3) is 0 Å². The molecule has 0 spiro atoms. The molecular formula is C9H13NOS. The number of H-pyrrole nitrogens is 1. The van der Waals surface area contributed by atoms with Gasteiger partial charge in [0.2, 0.25) is 0 Å². The summed E-state index contributed by atoms with van der Waals surface area (Å²) in [5, 5.41) is 0. The molecule has 3 heteroatoms. The molecule has 1 aromatic heterocycles. The van der Waals surface area contributed by atoms with E-state index in [0.717, 1.165) is 12.2 Å². The predicted molar refractivity (Wildman–Crippen MR) is 49.9 cm³/mol. The van der Waals surface area contributed by atoms with Gasteiger partial charge >= 0.3 is 0 Å². The fourth-order valence-corrected chi connectivity index (χ4v) is 2.10. The topological polar surface area (TPSA) is 28.9 Å². The number of hydrogen-bond acceptors (Lipinski definition) is 2. The van der Waals surface area contributed by atoms with E-state index in [9.17, 15) is 0 Å². The minimum atomic E-state index is 0.216. The van der Waals surface area contributed by atoms with E-state index in [1.165, 1.54) is 18.5 Å². The zero-order valence-electron chi connectivity index (χ0n) is 7.44. The van der Waals surface area contributed by atoms with Gasteiger partial charge in [-0.15, -0.1) is 0 Å². The summed E-state index contributed by atoms with van der Waals surface area (Å²) < 4.78 is 5.40. The molecule has 2 nitrogen and oxygen atoms in total. The fraction of sp³-hybridized carbons (Fsp3) is 0.667. The maximum atomic E-state index is 5.40. The van der Waals surface area contributed by atoms with Crippen LogP contribution in [0.15, 0.2) is 4.42 Å².